The molecular formula is C7H15OP. The first-order valence-electron chi connectivity index (χ1n) is 3.77. The van der Waals surface area contributed by atoms with Crippen LogP contribution in [0.3, 0.4) is 0 Å². The predicted octanol–water partition coefficient (Wildman–Crippen LogP) is 2.55. The Bertz CT molecular complexity index is 142. The Morgan fingerprint density at radius 3 is 2.56 bits per heavy atom. The molecule has 0 radical (unpaired) electrons. The van der Waals surface area contributed by atoms with E-state index in [0.717, 1.165) is 12.3 Å². The molecule has 2 heteroatoms. The van der Waals surface area contributed by atoms with Gasteiger partial charge in [-0.1, -0.05) is 13.8 Å². The molecule has 2 atom stereocenters. The van der Waals surface area contributed by atoms with Crippen molar-refractivity contribution in [1.29, 1.82) is 0 Å². The molecule has 0 spiro atoms. The minimum Gasteiger partial charge on any atom is -0.323 e. The molecule has 1 saturated heterocycles. The number of hydrogen-bond donors (Lipinski definition) is 0. The third kappa shape index (κ3) is 1.21. The first-order valence-corrected chi connectivity index (χ1v) is 5.91. The van der Waals surface area contributed by atoms with Gasteiger partial charge in [-0.05, 0) is 19.0 Å². The average Bonchev–Trinajstić information content (AvgIpc) is 2.15. The highest BCUT2D eigenvalue weighted by atomic mass is 31.2. The van der Waals surface area contributed by atoms with Crippen LogP contribution in [0.2, 0.25) is 0 Å². The monoisotopic (exact) mass is 146 g/mol. The first-order chi connectivity index (χ1) is 4.19. The smallest absolute Gasteiger partial charge is 0.0901 e. The van der Waals surface area contributed by atoms with Gasteiger partial charge in [-0.15, -0.1) is 0 Å². The summed E-state index contributed by atoms with van der Waals surface area (Å²) in [6.07, 6.45) is 4.34. The van der Waals surface area contributed by atoms with Crippen molar-refractivity contribution in [2.75, 3.05) is 12.3 Å². The molecule has 1 aliphatic rings. The zero-order chi connectivity index (χ0) is 6.91. The Balaban J connectivity index is 2.68. The fourth-order valence-corrected chi connectivity index (χ4v) is 4.33. The quantitative estimate of drug-likeness (QED) is 0.519. The van der Waals surface area contributed by atoms with Crippen LogP contribution in [0.25, 0.3) is 0 Å². The Labute approximate surface area is 57.2 Å². The molecule has 1 nitrogen and oxygen atoms in total. The highest BCUT2D eigenvalue weighted by Crippen LogP contribution is 2.57. The van der Waals surface area contributed by atoms with Crippen molar-refractivity contribution in [3.63, 3.8) is 0 Å². The Morgan fingerprint density at radius 1 is 1.67 bits per heavy atom. The second kappa shape index (κ2) is 2.46. The highest BCUT2D eigenvalue weighted by molar-refractivity contribution is 7.64. The standard InChI is InChI=1S/C7H15OP/c1-3-9(8)6-4-5-7(9)2/h7H,3-6H2,1-2H3. The van der Waals surface area contributed by atoms with E-state index in [9.17, 15) is 4.57 Å². The summed E-state index contributed by atoms with van der Waals surface area (Å²) < 4.78 is 11.7. The van der Waals surface area contributed by atoms with E-state index in [0.29, 0.717) is 5.66 Å². The summed E-state index contributed by atoms with van der Waals surface area (Å²) in [6, 6.07) is 0. The lowest BCUT2D eigenvalue weighted by atomic mass is 10.3. The molecule has 0 amide bonds. The minimum atomic E-state index is -1.64. The van der Waals surface area contributed by atoms with Gasteiger partial charge in [0.2, 0.25) is 0 Å². The largest absolute Gasteiger partial charge is 0.323 e. The molecule has 0 bridgehead atoms. The fraction of sp³-hybridized carbons (Fsp3) is 1.00. The van der Waals surface area contributed by atoms with Crippen LogP contribution >= 0.6 is 7.14 Å². The van der Waals surface area contributed by atoms with E-state index in [2.05, 4.69) is 13.8 Å². The zero-order valence-corrected chi connectivity index (χ0v) is 7.16. The second-order valence-electron chi connectivity index (χ2n) is 2.98. The molecule has 0 aromatic rings. The van der Waals surface area contributed by atoms with E-state index >= 15 is 0 Å². The first kappa shape index (κ1) is 7.34. The average molecular weight is 146 g/mol. The van der Waals surface area contributed by atoms with Crippen molar-refractivity contribution >= 4 is 7.14 Å². The van der Waals surface area contributed by atoms with Crippen LogP contribution in [0.15, 0.2) is 0 Å². The van der Waals surface area contributed by atoms with Gasteiger partial charge >= 0.3 is 0 Å². The van der Waals surface area contributed by atoms with Gasteiger partial charge in [0.1, 0.15) is 0 Å². The number of hydrogen-bond acceptors (Lipinski definition) is 1. The van der Waals surface area contributed by atoms with Crippen molar-refractivity contribution in [1.82, 2.24) is 0 Å². The fourth-order valence-electron chi connectivity index (χ4n) is 1.58. The minimum absolute atomic E-state index is 0.530. The van der Waals surface area contributed by atoms with Crippen LogP contribution in [0.4, 0.5) is 0 Å². The molecule has 1 aliphatic heterocycles. The summed E-state index contributed by atoms with van der Waals surface area (Å²) >= 11 is 0. The summed E-state index contributed by atoms with van der Waals surface area (Å²) in [7, 11) is -1.64. The molecule has 2 unspecified atom stereocenters. The van der Waals surface area contributed by atoms with E-state index in [-0.39, 0.29) is 0 Å². The Hall–Kier alpha value is 0.230. The van der Waals surface area contributed by atoms with Crippen molar-refractivity contribution in [3.8, 4) is 0 Å². The molecule has 0 aromatic heterocycles. The molecule has 54 valence electrons. The van der Waals surface area contributed by atoms with Gasteiger partial charge in [0.15, 0.2) is 0 Å². The Morgan fingerprint density at radius 2 is 2.33 bits per heavy atom. The summed E-state index contributed by atoms with van der Waals surface area (Å²) in [6.45, 7) is 4.19. The maximum Gasteiger partial charge on any atom is 0.0901 e. The maximum atomic E-state index is 11.7. The van der Waals surface area contributed by atoms with Crippen molar-refractivity contribution < 1.29 is 4.57 Å². The number of rotatable bonds is 1. The molecular weight excluding hydrogens is 131 g/mol. The van der Waals surface area contributed by atoms with E-state index in [1.54, 1.807) is 0 Å². The summed E-state index contributed by atoms with van der Waals surface area (Å²) in [5, 5.41) is 0. The zero-order valence-electron chi connectivity index (χ0n) is 6.26. The third-order valence-corrected chi connectivity index (χ3v) is 6.51. The summed E-state index contributed by atoms with van der Waals surface area (Å²) in [5.41, 5.74) is 0.530. The highest BCUT2D eigenvalue weighted by Gasteiger charge is 2.32. The van der Waals surface area contributed by atoms with Gasteiger partial charge in [0.05, 0.1) is 7.14 Å². The van der Waals surface area contributed by atoms with E-state index in [1.807, 2.05) is 0 Å². The summed E-state index contributed by atoms with van der Waals surface area (Å²) in [4.78, 5) is 0. The van der Waals surface area contributed by atoms with Crippen molar-refractivity contribution in [2.45, 2.75) is 32.3 Å². The van der Waals surface area contributed by atoms with Crippen molar-refractivity contribution in [3.05, 3.63) is 0 Å². The van der Waals surface area contributed by atoms with E-state index in [4.69, 9.17) is 0 Å². The predicted molar refractivity (Wildman–Crippen MR) is 41.7 cm³/mol. The lowest BCUT2D eigenvalue weighted by Crippen LogP contribution is -1.97. The molecule has 0 aromatic carbocycles. The van der Waals surface area contributed by atoms with Crippen LogP contribution < -0.4 is 0 Å². The molecule has 9 heavy (non-hydrogen) atoms. The van der Waals surface area contributed by atoms with Gasteiger partial charge in [-0.2, -0.15) is 0 Å². The van der Waals surface area contributed by atoms with Gasteiger partial charge < -0.3 is 4.57 Å². The van der Waals surface area contributed by atoms with E-state index in [1.165, 1.54) is 12.8 Å². The molecule has 0 N–H and O–H groups in total. The van der Waals surface area contributed by atoms with Gasteiger partial charge in [-0.25, -0.2) is 0 Å². The normalized spacial score (nSPS) is 43.6. The molecule has 0 saturated carbocycles. The SMILES string of the molecule is CCP1(=O)CCCC1C. The lowest BCUT2D eigenvalue weighted by Gasteiger charge is -2.12. The molecule has 1 heterocycles. The van der Waals surface area contributed by atoms with Crippen LogP contribution in [0, 0.1) is 0 Å². The van der Waals surface area contributed by atoms with Gasteiger partial charge in [0, 0.05) is 11.8 Å². The summed E-state index contributed by atoms with van der Waals surface area (Å²) in [5.74, 6) is 0. The maximum absolute atomic E-state index is 11.7. The van der Waals surface area contributed by atoms with Crippen LogP contribution in [-0.4, -0.2) is 18.0 Å². The topological polar surface area (TPSA) is 17.1 Å². The third-order valence-electron chi connectivity index (χ3n) is 2.50. The van der Waals surface area contributed by atoms with Crippen LogP contribution in [0.1, 0.15) is 26.7 Å². The molecule has 0 aliphatic carbocycles. The van der Waals surface area contributed by atoms with Gasteiger partial charge in [0.25, 0.3) is 0 Å². The van der Waals surface area contributed by atoms with Crippen molar-refractivity contribution in [2.24, 2.45) is 0 Å². The Kier molecular flexibility index (Phi) is 2.00. The van der Waals surface area contributed by atoms with E-state index < -0.39 is 7.14 Å². The van der Waals surface area contributed by atoms with Crippen LogP contribution in [-0.2, 0) is 4.57 Å². The van der Waals surface area contributed by atoms with Crippen LogP contribution in [0.5, 0.6) is 0 Å². The van der Waals surface area contributed by atoms with Gasteiger partial charge in [-0.3, -0.25) is 0 Å². The molecule has 1 fully saturated rings. The second-order valence-corrected chi connectivity index (χ2v) is 6.85. The lowest BCUT2D eigenvalue weighted by molar-refractivity contribution is 0.573. The molecule has 1 rings (SSSR count).